The zero-order valence-corrected chi connectivity index (χ0v) is 16.0. The number of imidazole rings is 1. The van der Waals surface area contributed by atoms with E-state index in [0.29, 0.717) is 11.6 Å². The summed E-state index contributed by atoms with van der Waals surface area (Å²) in [5.41, 5.74) is 10.3. The number of nitrogens with zero attached hydrogens (tertiary/aromatic N) is 5. The van der Waals surface area contributed by atoms with Gasteiger partial charge in [0.1, 0.15) is 17.2 Å². The summed E-state index contributed by atoms with van der Waals surface area (Å²) in [5.74, 6) is 2.10. The molecule has 3 aromatic heterocycles. The van der Waals surface area contributed by atoms with Crippen molar-refractivity contribution in [3.8, 4) is 17.1 Å². The molecule has 1 aliphatic heterocycles. The Morgan fingerprint density at radius 1 is 0.966 bits per heavy atom. The van der Waals surface area contributed by atoms with E-state index in [1.54, 1.807) is 6.20 Å². The van der Waals surface area contributed by atoms with Crippen LogP contribution in [0.25, 0.3) is 28.2 Å². The molecule has 29 heavy (non-hydrogen) atoms. The van der Waals surface area contributed by atoms with Gasteiger partial charge < -0.3 is 15.7 Å². The summed E-state index contributed by atoms with van der Waals surface area (Å²) in [7, 11) is 0. The minimum Gasteiger partial charge on any atom is -0.392 e. The predicted molar refractivity (Wildman–Crippen MR) is 114 cm³/mol. The van der Waals surface area contributed by atoms with Gasteiger partial charge in [0.15, 0.2) is 11.5 Å². The SMILES string of the molecule is Nc1ncccc1-c1nc2ccc(N3CCCC3)nc2n1-c1ccc(CO)cc1. The van der Waals surface area contributed by atoms with Crippen LogP contribution in [-0.4, -0.2) is 37.7 Å². The lowest BCUT2D eigenvalue weighted by Crippen LogP contribution is -2.19. The lowest BCUT2D eigenvalue weighted by Gasteiger charge is -2.16. The Hall–Kier alpha value is -3.45. The van der Waals surface area contributed by atoms with Crippen molar-refractivity contribution in [2.45, 2.75) is 19.4 Å². The van der Waals surface area contributed by atoms with Crippen molar-refractivity contribution in [3.05, 3.63) is 60.3 Å². The number of rotatable bonds is 4. The Balaban J connectivity index is 1.75. The third-order valence-corrected chi connectivity index (χ3v) is 5.38. The first-order valence-electron chi connectivity index (χ1n) is 9.80. The fourth-order valence-electron chi connectivity index (χ4n) is 3.85. The molecule has 1 saturated heterocycles. The maximum Gasteiger partial charge on any atom is 0.167 e. The molecule has 3 N–H and O–H groups in total. The van der Waals surface area contributed by atoms with E-state index in [-0.39, 0.29) is 6.61 Å². The average molecular weight is 386 g/mol. The number of benzene rings is 1. The molecule has 4 heterocycles. The van der Waals surface area contributed by atoms with Gasteiger partial charge in [-0.15, -0.1) is 0 Å². The van der Waals surface area contributed by atoms with Crippen LogP contribution in [-0.2, 0) is 6.61 Å². The van der Waals surface area contributed by atoms with Gasteiger partial charge in [0, 0.05) is 25.0 Å². The van der Waals surface area contributed by atoms with Crippen LogP contribution in [0.15, 0.2) is 54.7 Å². The van der Waals surface area contributed by atoms with Gasteiger partial charge in [0.05, 0.1) is 12.2 Å². The van der Waals surface area contributed by atoms with Crippen molar-refractivity contribution >= 4 is 22.8 Å². The number of pyridine rings is 2. The third kappa shape index (κ3) is 3.09. The van der Waals surface area contributed by atoms with Crippen molar-refractivity contribution in [2.75, 3.05) is 23.7 Å². The largest absolute Gasteiger partial charge is 0.392 e. The van der Waals surface area contributed by atoms with E-state index in [1.807, 2.05) is 53.1 Å². The van der Waals surface area contributed by atoms with Gasteiger partial charge in [-0.2, -0.15) is 0 Å². The van der Waals surface area contributed by atoms with Crippen LogP contribution >= 0.6 is 0 Å². The highest BCUT2D eigenvalue weighted by Crippen LogP contribution is 2.31. The zero-order chi connectivity index (χ0) is 19.8. The summed E-state index contributed by atoms with van der Waals surface area (Å²) < 4.78 is 2.02. The molecule has 0 spiro atoms. The standard InChI is InChI=1S/C22H22N6O/c23-20-17(4-3-11-24-20)21-25-18-9-10-19(27-12-1-2-13-27)26-22(18)28(21)16-7-5-15(14-29)6-8-16/h3-11,29H,1-2,12-14H2,(H2,23,24). The summed E-state index contributed by atoms with van der Waals surface area (Å²) in [6, 6.07) is 15.6. The van der Waals surface area contributed by atoms with Crippen LogP contribution in [0.5, 0.6) is 0 Å². The average Bonchev–Trinajstić information content (AvgIpc) is 3.42. The predicted octanol–water partition coefficient (Wildman–Crippen LogP) is 3.16. The first kappa shape index (κ1) is 17.6. The number of hydrogen-bond donors (Lipinski definition) is 2. The number of aromatic nitrogens is 4. The van der Waals surface area contributed by atoms with Crippen molar-refractivity contribution < 1.29 is 5.11 Å². The molecule has 0 atom stereocenters. The monoisotopic (exact) mass is 386 g/mol. The van der Waals surface area contributed by atoms with E-state index < -0.39 is 0 Å². The second kappa shape index (κ2) is 7.18. The summed E-state index contributed by atoms with van der Waals surface area (Å²) in [4.78, 5) is 16.4. The molecule has 1 aromatic carbocycles. The van der Waals surface area contributed by atoms with Crippen LogP contribution in [0.2, 0.25) is 0 Å². The lowest BCUT2D eigenvalue weighted by molar-refractivity contribution is 0.282. The molecule has 1 fully saturated rings. The lowest BCUT2D eigenvalue weighted by atomic mass is 10.2. The highest BCUT2D eigenvalue weighted by Gasteiger charge is 2.20. The maximum absolute atomic E-state index is 9.40. The van der Waals surface area contributed by atoms with Gasteiger partial charge in [0.2, 0.25) is 0 Å². The van der Waals surface area contributed by atoms with E-state index in [2.05, 4.69) is 9.88 Å². The quantitative estimate of drug-likeness (QED) is 0.560. The number of aliphatic hydroxyl groups excluding tert-OH is 1. The molecular weight excluding hydrogens is 364 g/mol. The van der Waals surface area contributed by atoms with Crippen LogP contribution in [0, 0.1) is 0 Å². The van der Waals surface area contributed by atoms with E-state index in [4.69, 9.17) is 15.7 Å². The number of aliphatic hydroxyl groups is 1. The van der Waals surface area contributed by atoms with E-state index in [9.17, 15) is 5.11 Å². The van der Waals surface area contributed by atoms with E-state index in [1.165, 1.54) is 12.8 Å². The van der Waals surface area contributed by atoms with Crippen LogP contribution in [0.4, 0.5) is 11.6 Å². The molecule has 0 saturated carbocycles. The molecule has 1 aliphatic rings. The highest BCUT2D eigenvalue weighted by molar-refractivity contribution is 5.83. The number of nitrogen functional groups attached to an aromatic ring is 1. The molecular formula is C22H22N6O. The highest BCUT2D eigenvalue weighted by atomic mass is 16.3. The normalized spacial score (nSPS) is 14.0. The molecule has 0 radical (unpaired) electrons. The number of fused-ring (bicyclic) bond motifs is 1. The molecule has 146 valence electrons. The van der Waals surface area contributed by atoms with Gasteiger partial charge in [-0.1, -0.05) is 12.1 Å². The molecule has 0 unspecified atom stereocenters. The summed E-state index contributed by atoms with van der Waals surface area (Å²) in [5, 5.41) is 9.40. The zero-order valence-electron chi connectivity index (χ0n) is 16.0. The Morgan fingerprint density at radius 3 is 2.48 bits per heavy atom. The third-order valence-electron chi connectivity index (χ3n) is 5.38. The second-order valence-electron chi connectivity index (χ2n) is 7.24. The van der Waals surface area contributed by atoms with Gasteiger partial charge in [-0.25, -0.2) is 15.0 Å². The topological polar surface area (TPSA) is 93.1 Å². The van der Waals surface area contributed by atoms with Crippen LogP contribution in [0.3, 0.4) is 0 Å². The van der Waals surface area contributed by atoms with Crippen LogP contribution in [0.1, 0.15) is 18.4 Å². The number of anilines is 2. The minimum absolute atomic E-state index is 0.00469. The van der Waals surface area contributed by atoms with Gasteiger partial charge in [-0.05, 0) is 54.8 Å². The number of hydrogen-bond acceptors (Lipinski definition) is 6. The Bertz CT molecular complexity index is 1160. The second-order valence-corrected chi connectivity index (χ2v) is 7.24. The molecule has 4 aromatic rings. The Labute approximate surface area is 168 Å². The molecule has 0 bridgehead atoms. The van der Waals surface area contributed by atoms with Crippen molar-refractivity contribution in [2.24, 2.45) is 0 Å². The molecule has 5 rings (SSSR count). The maximum atomic E-state index is 9.40. The fourth-order valence-corrected chi connectivity index (χ4v) is 3.85. The fraction of sp³-hybridized carbons (Fsp3) is 0.227. The molecule has 7 heteroatoms. The Morgan fingerprint density at radius 2 is 1.76 bits per heavy atom. The summed E-state index contributed by atoms with van der Waals surface area (Å²) >= 11 is 0. The molecule has 0 amide bonds. The van der Waals surface area contributed by atoms with E-state index in [0.717, 1.165) is 46.9 Å². The summed E-state index contributed by atoms with van der Waals surface area (Å²) in [6.45, 7) is 2.06. The summed E-state index contributed by atoms with van der Waals surface area (Å²) in [6.07, 6.45) is 4.06. The van der Waals surface area contributed by atoms with Gasteiger partial charge in [-0.3, -0.25) is 4.57 Å². The van der Waals surface area contributed by atoms with Gasteiger partial charge in [0.25, 0.3) is 0 Å². The van der Waals surface area contributed by atoms with E-state index >= 15 is 0 Å². The first-order chi connectivity index (χ1) is 14.2. The number of nitrogens with two attached hydrogens (primary N) is 1. The first-order valence-corrected chi connectivity index (χ1v) is 9.80. The molecule has 0 aliphatic carbocycles. The van der Waals surface area contributed by atoms with Crippen molar-refractivity contribution in [1.29, 1.82) is 0 Å². The van der Waals surface area contributed by atoms with Crippen molar-refractivity contribution in [3.63, 3.8) is 0 Å². The Kier molecular flexibility index (Phi) is 4.37. The van der Waals surface area contributed by atoms with Crippen molar-refractivity contribution in [1.82, 2.24) is 19.5 Å². The minimum atomic E-state index is 0.00469. The van der Waals surface area contributed by atoms with Gasteiger partial charge >= 0.3 is 0 Å². The molecule has 7 nitrogen and oxygen atoms in total. The smallest absolute Gasteiger partial charge is 0.167 e. The van der Waals surface area contributed by atoms with Crippen LogP contribution < -0.4 is 10.6 Å².